The van der Waals surface area contributed by atoms with Gasteiger partial charge in [-0.15, -0.1) is 0 Å². The van der Waals surface area contributed by atoms with E-state index in [9.17, 15) is 0 Å². The number of hydrogen-bond donors (Lipinski definition) is 1. The molecule has 0 radical (unpaired) electrons. The number of hydrogen-bond acceptors (Lipinski definition) is 1. The quantitative estimate of drug-likeness (QED) is 0.672. The molecule has 0 fully saturated rings. The maximum atomic E-state index is 3.73. The van der Waals surface area contributed by atoms with Gasteiger partial charge in [0.2, 0.25) is 0 Å². The first-order chi connectivity index (χ1) is 7.15. The van der Waals surface area contributed by atoms with E-state index in [-0.39, 0.29) is 0 Å². The Kier molecular flexibility index (Phi) is 12.5. The van der Waals surface area contributed by atoms with E-state index in [2.05, 4.69) is 44.8 Å². The molecule has 0 aromatic rings. The second-order valence-corrected chi connectivity index (χ2v) is 3.29. The lowest BCUT2D eigenvalue weighted by Crippen LogP contribution is -2.21. The Morgan fingerprint density at radius 2 is 1.93 bits per heavy atom. The van der Waals surface area contributed by atoms with E-state index < -0.39 is 0 Å². The second-order valence-electron chi connectivity index (χ2n) is 3.29. The lowest BCUT2D eigenvalue weighted by atomic mass is 10.00. The normalized spacial score (nSPS) is 14.0. The molecular weight excluding hydrogens is 182 g/mol. The highest BCUT2D eigenvalue weighted by Crippen LogP contribution is 2.15. The Morgan fingerprint density at radius 3 is 2.27 bits per heavy atom. The standard InChI is InChI=1S/C12H21N.C2H6/c1-6-8-12(10(3)7-2)9-11(4)13-5;1-2/h6-8,11,13H,1,9H2,2-5H3;1-2H3/b10-7-,12-8-;. The van der Waals surface area contributed by atoms with Gasteiger partial charge < -0.3 is 5.32 Å². The molecule has 1 N–H and O–H groups in total. The first-order valence-electron chi connectivity index (χ1n) is 5.77. The molecule has 0 saturated carbocycles. The van der Waals surface area contributed by atoms with Crippen molar-refractivity contribution in [2.24, 2.45) is 0 Å². The van der Waals surface area contributed by atoms with Gasteiger partial charge in [0.05, 0.1) is 0 Å². The summed E-state index contributed by atoms with van der Waals surface area (Å²) in [6.07, 6.45) is 7.13. The highest BCUT2D eigenvalue weighted by molar-refractivity contribution is 5.31. The minimum atomic E-state index is 0.515. The number of nitrogens with one attached hydrogen (secondary N) is 1. The van der Waals surface area contributed by atoms with Gasteiger partial charge in [0.1, 0.15) is 0 Å². The summed E-state index contributed by atoms with van der Waals surface area (Å²) < 4.78 is 0. The zero-order chi connectivity index (χ0) is 12.3. The van der Waals surface area contributed by atoms with Crippen LogP contribution in [0.15, 0.2) is 36.0 Å². The van der Waals surface area contributed by atoms with E-state index in [1.807, 2.05) is 27.0 Å². The van der Waals surface area contributed by atoms with Crippen LogP contribution in [0.4, 0.5) is 0 Å². The number of rotatable bonds is 5. The fourth-order valence-electron chi connectivity index (χ4n) is 1.12. The summed E-state index contributed by atoms with van der Waals surface area (Å²) in [5.74, 6) is 0. The smallest absolute Gasteiger partial charge is 0.00762 e. The summed E-state index contributed by atoms with van der Waals surface area (Å²) in [6, 6.07) is 0.515. The molecule has 15 heavy (non-hydrogen) atoms. The van der Waals surface area contributed by atoms with Gasteiger partial charge in [-0.25, -0.2) is 0 Å². The van der Waals surface area contributed by atoms with E-state index >= 15 is 0 Å². The maximum Gasteiger partial charge on any atom is 0.00762 e. The average molecular weight is 209 g/mol. The predicted molar refractivity (Wildman–Crippen MR) is 72.2 cm³/mol. The van der Waals surface area contributed by atoms with Crippen molar-refractivity contribution in [1.29, 1.82) is 0 Å². The predicted octanol–water partition coefficient (Wildman–Crippen LogP) is 4.09. The van der Waals surface area contributed by atoms with Gasteiger partial charge in [0.25, 0.3) is 0 Å². The van der Waals surface area contributed by atoms with E-state index in [0.717, 1.165) is 6.42 Å². The molecule has 0 aromatic carbocycles. The largest absolute Gasteiger partial charge is 0.317 e. The Labute approximate surface area is 96.0 Å². The van der Waals surface area contributed by atoms with E-state index in [4.69, 9.17) is 0 Å². The molecule has 1 nitrogen and oxygen atoms in total. The van der Waals surface area contributed by atoms with Gasteiger partial charge in [-0.1, -0.05) is 44.2 Å². The Hall–Kier alpha value is -0.820. The molecule has 0 saturated heterocycles. The molecule has 1 unspecified atom stereocenters. The van der Waals surface area contributed by atoms with E-state index in [0.29, 0.717) is 6.04 Å². The third kappa shape index (κ3) is 8.19. The minimum absolute atomic E-state index is 0.515. The summed E-state index contributed by atoms with van der Waals surface area (Å²) in [4.78, 5) is 0. The van der Waals surface area contributed by atoms with Gasteiger partial charge in [-0.3, -0.25) is 0 Å². The van der Waals surface area contributed by atoms with Crippen LogP contribution >= 0.6 is 0 Å². The summed E-state index contributed by atoms with van der Waals surface area (Å²) in [5, 5.41) is 3.23. The number of allylic oxidation sites excluding steroid dienone is 4. The molecule has 0 aromatic heterocycles. The Morgan fingerprint density at radius 1 is 1.40 bits per heavy atom. The Balaban J connectivity index is 0. The van der Waals surface area contributed by atoms with Crippen molar-refractivity contribution in [2.45, 2.75) is 47.1 Å². The molecule has 0 spiro atoms. The van der Waals surface area contributed by atoms with Gasteiger partial charge in [-0.05, 0) is 39.8 Å². The van der Waals surface area contributed by atoms with Crippen LogP contribution < -0.4 is 5.32 Å². The monoisotopic (exact) mass is 209 g/mol. The van der Waals surface area contributed by atoms with Crippen LogP contribution in [0.5, 0.6) is 0 Å². The minimum Gasteiger partial charge on any atom is -0.317 e. The first-order valence-corrected chi connectivity index (χ1v) is 5.77. The summed E-state index contributed by atoms with van der Waals surface area (Å²) >= 11 is 0. The zero-order valence-electron chi connectivity index (χ0n) is 11.2. The molecular formula is C14H27N. The first kappa shape index (κ1) is 16.6. The van der Waals surface area contributed by atoms with Crippen molar-refractivity contribution in [2.75, 3.05) is 7.05 Å². The van der Waals surface area contributed by atoms with Crippen molar-refractivity contribution in [3.63, 3.8) is 0 Å². The average Bonchev–Trinajstić information content (AvgIpc) is 2.29. The molecule has 0 heterocycles. The fraction of sp³-hybridized carbons (Fsp3) is 0.571. The van der Waals surface area contributed by atoms with Gasteiger partial charge in [-0.2, -0.15) is 0 Å². The van der Waals surface area contributed by atoms with Crippen LogP contribution in [0.1, 0.15) is 41.0 Å². The van der Waals surface area contributed by atoms with Crippen LogP contribution in [0, 0.1) is 0 Å². The summed E-state index contributed by atoms with van der Waals surface area (Å²) in [7, 11) is 1.99. The van der Waals surface area contributed by atoms with Crippen LogP contribution in [-0.4, -0.2) is 13.1 Å². The van der Waals surface area contributed by atoms with Crippen LogP contribution in [0.3, 0.4) is 0 Å². The molecule has 1 heteroatoms. The SMILES string of the molecule is C=C/C=C(CC(C)NC)\C(C)=C/C.CC. The van der Waals surface area contributed by atoms with Crippen LogP contribution in [-0.2, 0) is 0 Å². The van der Waals surface area contributed by atoms with E-state index in [1.54, 1.807) is 0 Å². The van der Waals surface area contributed by atoms with Crippen molar-refractivity contribution < 1.29 is 0 Å². The molecule has 0 rings (SSSR count). The molecule has 1 atom stereocenters. The van der Waals surface area contributed by atoms with Crippen LogP contribution in [0.25, 0.3) is 0 Å². The molecule has 88 valence electrons. The maximum absolute atomic E-state index is 3.73. The van der Waals surface area contributed by atoms with Crippen molar-refractivity contribution in [3.05, 3.63) is 36.0 Å². The Bertz CT molecular complexity index is 211. The van der Waals surface area contributed by atoms with Crippen LogP contribution in [0.2, 0.25) is 0 Å². The molecule has 0 aliphatic carbocycles. The summed E-state index contributed by atoms with van der Waals surface area (Å²) in [5.41, 5.74) is 2.70. The molecule has 0 aliphatic rings. The van der Waals surface area contributed by atoms with Gasteiger partial charge in [0.15, 0.2) is 0 Å². The lowest BCUT2D eigenvalue weighted by Gasteiger charge is -2.13. The van der Waals surface area contributed by atoms with Crippen molar-refractivity contribution >= 4 is 0 Å². The third-order valence-electron chi connectivity index (χ3n) is 2.28. The summed E-state index contributed by atoms with van der Waals surface area (Å²) in [6.45, 7) is 14.1. The second kappa shape index (κ2) is 11.3. The van der Waals surface area contributed by atoms with Crippen molar-refractivity contribution in [1.82, 2.24) is 5.32 Å². The van der Waals surface area contributed by atoms with E-state index in [1.165, 1.54) is 11.1 Å². The third-order valence-corrected chi connectivity index (χ3v) is 2.28. The molecule has 0 aliphatic heterocycles. The highest BCUT2D eigenvalue weighted by atomic mass is 14.8. The van der Waals surface area contributed by atoms with Gasteiger partial charge >= 0.3 is 0 Å². The van der Waals surface area contributed by atoms with Crippen molar-refractivity contribution in [3.8, 4) is 0 Å². The highest BCUT2D eigenvalue weighted by Gasteiger charge is 2.03. The van der Waals surface area contributed by atoms with Gasteiger partial charge in [0, 0.05) is 6.04 Å². The molecule has 0 bridgehead atoms. The molecule has 0 amide bonds. The fourth-order valence-corrected chi connectivity index (χ4v) is 1.12. The topological polar surface area (TPSA) is 12.0 Å². The zero-order valence-corrected chi connectivity index (χ0v) is 11.2. The lowest BCUT2D eigenvalue weighted by molar-refractivity contribution is 0.607.